The second-order valence-corrected chi connectivity index (χ2v) is 7.35. The number of β-lactam (4-membered cyclic amide) rings is 1. The molecule has 4 heterocycles. The number of nitrogens with zero attached hydrogens (tertiary/aromatic N) is 3. The van der Waals surface area contributed by atoms with Crippen LogP contribution in [0, 0.1) is 5.92 Å². The number of aliphatic carboxylic acids is 1. The number of nitrogens with two attached hydrogens (primary N) is 1. The Bertz CT molecular complexity index is 687. The number of carboxylic acids is 1. The van der Waals surface area contributed by atoms with Gasteiger partial charge in [-0.3, -0.25) is 9.69 Å². The van der Waals surface area contributed by atoms with E-state index in [2.05, 4.69) is 15.5 Å². The highest BCUT2D eigenvalue weighted by Crippen LogP contribution is 2.52. The molecule has 1 aromatic heterocycles. The van der Waals surface area contributed by atoms with Gasteiger partial charge in [-0.15, -0.1) is 10.2 Å². The van der Waals surface area contributed by atoms with Gasteiger partial charge in [0, 0.05) is 10.8 Å². The van der Waals surface area contributed by atoms with Gasteiger partial charge in [-0.05, 0) is 13.0 Å². The number of rotatable bonds is 3. The molecule has 2 saturated heterocycles. The molecule has 3 aliphatic heterocycles. The van der Waals surface area contributed by atoms with Crippen molar-refractivity contribution in [1.82, 2.24) is 20.4 Å². The summed E-state index contributed by atoms with van der Waals surface area (Å²) in [7, 11) is 0. The van der Waals surface area contributed by atoms with Crippen LogP contribution < -0.4 is 11.1 Å². The Balaban J connectivity index is 1.75. The standard InChI is InChI=1S/C11H11N5O3S2/c12-10-14-15-11(21-10)20-7-3-1-2-13-4-5(3)16(8(4)17)6(7)9(18)19/h3-5,13H,1-2H2,(H2,12,14)(H,18,19)/t3?,4-,5+/m0/s1. The number of anilines is 1. The van der Waals surface area contributed by atoms with Crippen molar-refractivity contribution in [1.29, 1.82) is 0 Å². The molecule has 4 N–H and O–H groups in total. The highest BCUT2D eigenvalue weighted by Gasteiger charge is 2.61. The van der Waals surface area contributed by atoms with Crippen LogP contribution in [0.1, 0.15) is 6.42 Å². The maximum atomic E-state index is 12.1. The lowest BCUT2D eigenvalue weighted by atomic mass is 9.82. The van der Waals surface area contributed by atoms with Crippen molar-refractivity contribution < 1.29 is 14.7 Å². The molecule has 4 rings (SSSR count). The maximum Gasteiger partial charge on any atom is 0.353 e. The maximum absolute atomic E-state index is 12.1. The molecular weight excluding hydrogens is 314 g/mol. The van der Waals surface area contributed by atoms with E-state index in [1.807, 2.05) is 0 Å². The molecule has 0 radical (unpaired) electrons. The van der Waals surface area contributed by atoms with E-state index in [0.717, 1.165) is 6.42 Å². The average molecular weight is 325 g/mol. The highest BCUT2D eigenvalue weighted by molar-refractivity contribution is 8.04. The van der Waals surface area contributed by atoms with E-state index in [1.165, 1.54) is 28.0 Å². The van der Waals surface area contributed by atoms with Crippen molar-refractivity contribution in [3.05, 3.63) is 10.6 Å². The van der Waals surface area contributed by atoms with E-state index in [1.54, 1.807) is 0 Å². The molecule has 0 saturated carbocycles. The molecule has 110 valence electrons. The van der Waals surface area contributed by atoms with Crippen LogP contribution in [0.25, 0.3) is 0 Å². The first-order chi connectivity index (χ1) is 10.1. The van der Waals surface area contributed by atoms with E-state index in [0.29, 0.717) is 20.9 Å². The van der Waals surface area contributed by atoms with Crippen molar-refractivity contribution in [2.24, 2.45) is 5.92 Å². The fraction of sp³-hybridized carbons (Fsp3) is 0.455. The Morgan fingerprint density at radius 1 is 1.52 bits per heavy atom. The number of thioether (sulfide) groups is 1. The van der Waals surface area contributed by atoms with Crippen LogP contribution in [0.5, 0.6) is 0 Å². The van der Waals surface area contributed by atoms with Gasteiger partial charge in [0.2, 0.25) is 11.0 Å². The Morgan fingerprint density at radius 3 is 3.00 bits per heavy atom. The summed E-state index contributed by atoms with van der Waals surface area (Å²) in [6, 6.07) is -0.333. The first kappa shape index (κ1) is 13.0. The minimum absolute atomic E-state index is 0.0511. The van der Waals surface area contributed by atoms with E-state index in [9.17, 15) is 14.7 Å². The number of nitrogen functional groups attached to an aromatic ring is 1. The Morgan fingerprint density at radius 2 is 2.33 bits per heavy atom. The van der Waals surface area contributed by atoms with Crippen LogP contribution in [-0.2, 0) is 9.59 Å². The first-order valence-corrected chi connectivity index (χ1v) is 8.02. The quantitative estimate of drug-likeness (QED) is 0.648. The summed E-state index contributed by atoms with van der Waals surface area (Å²) in [6.07, 6.45) is 0.804. The van der Waals surface area contributed by atoms with Crippen LogP contribution in [0.2, 0.25) is 0 Å². The Labute approximate surface area is 127 Å². The summed E-state index contributed by atoms with van der Waals surface area (Å²) >= 11 is 2.48. The molecule has 0 aliphatic carbocycles. The number of hydrogen-bond donors (Lipinski definition) is 3. The monoisotopic (exact) mass is 325 g/mol. The van der Waals surface area contributed by atoms with E-state index >= 15 is 0 Å². The predicted octanol–water partition coefficient (Wildman–Crippen LogP) is -0.289. The molecule has 0 spiro atoms. The first-order valence-electron chi connectivity index (χ1n) is 6.38. The van der Waals surface area contributed by atoms with Gasteiger partial charge in [0.05, 0.1) is 6.04 Å². The molecule has 0 bridgehead atoms. The Kier molecular flexibility index (Phi) is 2.75. The van der Waals surface area contributed by atoms with Gasteiger partial charge in [0.25, 0.3) is 0 Å². The molecule has 3 atom stereocenters. The summed E-state index contributed by atoms with van der Waals surface area (Å²) in [6.45, 7) is 0.709. The fourth-order valence-electron chi connectivity index (χ4n) is 3.22. The van der Waals surface area contributed by atoms with Crippen LogP contribution in [-0.4, -0.2) is 50.7 Å². The predicted molar refractivity (Wildman–Crippen MR) is 75.4 cm³/mol. The lowest BCUT2D eigenvalue weighted by Crippen LogP contribution is -2.71. The molecular formula is C11H11N5O3S2. The normalized spacial score (nSPS) is 30.4. The summed E-state index contributed by atoms with van der Waals surface area (Å²) < 4.78 is 0.603. The molecule has 10 heteroatoms. The third-order valence-electron chi connectivity index (χ3n) is 4.01. The average Bonchev–Trinajstić information content (AvgIpc) is 3.00. The number of carboxylic acid groups (broad SMARTS) is 1. The van der Waals surface area contributed by atoms with Crippen molar-refractivity contribution in [3.8, 4) is 0 Å². The molecule has 21 heavy (non-hydrogen) atoms. The third kappa shape index (κ3) is 1.72. The number of piperidine rings is 1. The smallest absolute Gasteiger partial charge is 0.353 e. The molecule has 1 aromatic rings. The second-order valence-electron chi connectivity index (χ2n) is 5.05. The number of carbonyl (C=O) groups is 2. The van der Waals surface area contributed by atoms with E-state index in [4.69, 9.17) is 5.73 Å². The summed E-state index contributed by atoms with van der Waals surface area (Å²) in [5, 5.41) is 20.6. The van der Waals surface area contributed by atoms with Crippen LogP contribution >= 0.6 is 23.1 Å². The van der Waals surface area contributed by atoms with Crippen LogP contribution in [0.4, 0.5) is 5.13 Å². The molecule has 8 nitrogen and oxygen atoms in total. The van der Waals surface area contributed by atoms with Crippen molar-refractivity contribution in [2.75, 3.05) is 12.3 Å². The largest absolute Gasteiger partial charge is 0.477 e. The number of amides is 1. The van der Waals surface area contributed by atoms with Crippen LogP contribution in [0.15, 0.2) is 14.9 Å². The van der Waals surface area contributed by atoms with Gasteiger partial charge >= 0.3 is 5.97 Å². The van der Waals surface area contributed by atoms with E-state index < -0.39 is 5.97 Å². The van der Waals surface area contributed by atoms with Gasteiger partial charge in [0.15, 0.2) is 4.34 Å². The van der Waals surface area contributed by atoms with Gasteiger partial charge < -0.3 is 16.2 Å². The highest BCUT2D eigenvalue weighted by atomic mass is 32.2. The molecule has 3 aliphatic rings. The lowest BCUT2D eigenvalue weighted by molar-refractivity contribution is -0.154. The summed E-state index contributed by atoms with van der Waals surface area (Å²) in [5.41, 5.74) is 5.65. The van der Waals surface area contributed by atoms with Gasteiger partial charge in [-0.2, -0.15) is 0 Å². The number of nitrogens with one attached hydrogen (secondary N) is 1. The minimum Gasteiger partial charge on any atom is -0.477 e. The zero-order valence-electron chi connectivity index (χ0n) is 10.6. The summed E-state index contributed by atoms with van der Waals surface area (Å²) in [4.78, 5) is 25.8. The topological polar surface area (TPSA) is 121 Å². The van der Waals surface area contributed by atoms with Crippen LogP contribution in [0.3, 0.4) is 0 Å². The van der Waals surface area contributed by atoms with Gasteiger partial charge in [-0.1, -0.05) is 23.1 Å². The Hall–Kier alpha value is -1.65. The zero-order valence-corrected chi connectivity index (χ0v) is 12.3. The minimum atomic E-state index is -1.07. The molecule has 1 unspecified atom stereocenters. The number of carbonyl (C=O) groups excluding carboxylic acids is 1. The van der Waals surface area contributed by atoms with Gasteiger partial charge in [0.1, 0.15) is 11.7 Å². The van der Waals surface area contributed by atoms with Crippen molar-refractivity contribution in [3.63, 3.8) is 0 Å². The molecule has 2 fully saturated rings. The molecule has 0 aromatic carbocycles. The zero-order chi connectivity index (χ0) is 14.7. The number of hydrogen-bond acceptors (Lipinski definition) is 8. The summed E-state index contributed by atoms with van der Waals surface area (Å²) in [5.74, 6) is -1.18. The SMILES string of the molecule is Nc1nnc(SC2=C(C(=O)O)N3C(=O)[C@H]4NCCC2[C@H]43)s1. The molecule has 1 amide bonds. The van der Waals surface area contributed by atoms with E-state index in [-0.39, 0.29) is 29.6 Å². The van der Waals surface area contributed by atoms with Crippen molar-refractivity contribution in [2.45, 2.75) is 22.8 Å². The fourth-order valence-corrected chi connectivity index (χ4v) is 5.22. The third-order valence-corrected chi connectivity index (χ3v) is 6.03. The second kappa shape index (κ2) is 4.42. The lowest BCUT2D eigenvalue weighted by Gasteiger charge is -2.48. The number of aromatic nitrogens is 2. The van der Waals surface area contributed by atoms with Crippen molar-refractivity contribution >= 4 is 40.1 Å². The van der Waals surface area contributed by atoms with Gasteiger partial charge in [-0.25, -0.2) is 4.79 Å².